The van der Waals surface area contributed by atoms with Crippen LogP contribution in [-0.2, 0) is 10.8 Å². The van der Waals surface area contributed by atoms with Crippen molar-refractivity contribution < 1.29 is 52.7 Å². The molecular weight excluding hydrogens is 242 g/mol. The van der Waals surface area contributed by atoms with Gasteiger partial charge >= 0.3 is 37.7 Å². The minimum atomic E-state index is -1.41. The second kappa shape index (κ2) is 7.10. The van der Waals surface area contributed by atoms with Gasteiger partial charge in [-0.2, -0.15) is 0 Å². The first-order valence-corrected chi connectivity index (χ1v) is 6.02. The molecule has 1 aromatic rings. The summed E-state index contributed by atoms with van der Waals surface area (Å²) in [5, 5.41) is 23.2. The van der Waals surface area contributed by atoms with Crippen LogP contribution in [-0.4, -0.2) is 5.97 Å². The number of aromatic carboxylic acids is 1. The molecule has 0 heterocycles. The van der Waals surface area contributed by atoms with Gasteiger partial charge in [0.05, 0.1) is 5.97 Å². The molecule has 5 heteroatoms. The van der Waals surface area contributed by atoms with E-state index in [0.29, 0.717) is 5.56 Å². The molecule has 0 radical (unpaired) electrons. The van der Waals surface area contributed by atoms with Gasteiger partial charge in [0.2, 0.25) is 0 Å². The van der Waals surface area contributed by atoms with E-state index in [0.717, 1.165) is 5.56 Å². The topological polar surface area (TPSA) is 63.2 Å². The molecule has 20 heavy (non-hydrogen) atoms. The van der Waals surface area contributed by atoms with Crippen molar-refractivity contribution in [2.45, 2.75) is 52.4 Å². The van der Waals surface area contributed by atoms with Crippen LogP contribution < -0.4 is 47.9 Å². The molecule has 0 spiro atoms. The Morgan fingerprint density at radius 3 is 1.70 bits per heavy atom. The van der Waals surface area contributed by atoms with Gasteiger partial charge in [-0.25, -0.2) is 0 Å². The largest absolute Gasteiger partial charge is 1.00 e. The second-order valence-corrected chi connectivity index (χ2v) is 6.69. The molecule has 0 fully saturated rings. The summed E-state index contributed by atoms with van der Waals surface area (Å²) in [6.07, 6.45) is 0. The quantitative estimate of drug-likeness (QED) is 0.481. The van der Waals surface area contributed by atoms with E-state index in [4.69, 9.17) is 0 Å². The van der Waals surface area contributed by atoms with Crippen molar-refractivity contribution in [3.05, 3.63) is 28.8 Å². The average molecular weight is 262 g/mol. The van der Waals surface area contributed by atoms with Crippen LogP contribution in [0.4, 0.5) is 0 Å². The molecule has 100 valence electrons. The summed E-state index contributed by atoms with van der Waals surface area (Å²) in [7, 11) is 0. The minimum Gasteiger partial charge on any atom is -0.872 e. The number of carbonyl (C=O) groups excluding carboxylic acids is 1. The number of carboxylic acid groups (broad SMARTS) is 1. The van der Waals surface area contributed by atoms with Crippen LogP contribution in [0, 0.1) is 0 Å². The maximum atomic E-state index is 12.1. The Labute approximate surface area is 145 Å². The Bertz CT molecular complexity index is 483. The van der Waals surface area contributed by atoms with E-state index in [1.807, 2.05) is 47.6 Å². The third kappa shape index (κ3) is 4.90. The van der Waals surface area contributed by atoms with Gasteiger partial charge < -0.3 is 15.0 Å². The maximum Gasteiger partial charge on any atom is 1.00 e. The first kappa shape index (κ1) is 22.0. The normalized spacial score (nSPS) is 11.3. The molecule has 1 rings (SSSR count). The Balaban J connectivity index is 0. The molecule has 0 aromatic heterocycles. The van der Waals surface area contributed by atoms with E-state index in [-0.39, 0.29) is 54.1 Å². The van der Waals surface area contributed by atoms with Crippen LogP contribution in [0.3, 0.4) is 0 Å². The van der Waals surface area contributed by atoms with Crippen molar-refractivity contribution in [3.63, 3.8) is 0 Å². The van der Waals surface area contributed by atoms with Gasteiger partial charge in [-0.15, -0.1) is 0 Å². The fourth-order valence-corrected chi connectivity index (χ4v) is 1.77. The van der Waals surface area contributed by atoms with Crippen molar-refractivity contribution in [1.29, 1.82) is 0 Å². The molecule has 0 saturated carbocycles. The molecule has 0 unspecified atom stereocenters. The summed E-state index contributed by atoms with van der Waals surface area (Å²) in [5.74, 6) is -1.84. The molecule has 0 atom stereocenters. The van der Waals surface area contributed by atoms with Crippen molar-refractivity contribution in [2.75, 3.05) is 0 Å². The van der Waals surface area contributed by atoms with Crippen LogP contribution in [0.5, 0.6) is 5.75 Å². The Morgan fingerprint density at radius 2 is 1.40 bits per heavy atom. The standard InChI is InChI=1S/C15H22O3.2Li/c1-14(2,3)9-7-10(13(17)18)12(16)11(8-9)15(4,5)6;;/h7-8,16H,1-6H3,(H,17,18);;/q;2*+1/p-2. The minimum absolute atomic E-state index is 0. The number of rotatable bonds is 1. The van der Waals surface area contributed by atoms with E-state index >= 15 is 0 Å². The first-order valence-electron chi connectivity index (χ1n) is 6.02. The predicted molar refractivity (Wildman–Crippen MR) is 67.6 cm³/mol. The van der Waals surface area contributed by atoms with Crippen LogP contribution in [0.2, 0.25) is 0 Å². The second-order valence-electron chi connectivity index (χ2n) is 6.69. The summed E-state index contributed by atoms with van der Waals surface area (Å²) in [6.45, 7) is 11.6. The van der Waals surface area contributed by atoms with Gasteiger partial charge in [-0.05, 0) is 27.5 Å². The molecule has 0 aliphatic rings. The number of carbonyl (C=O) groups is 1. The zero-order valence-corrected chi connectivity index (χ0v) is 13.9. The smallest absolute Gasteiger partial charge is 0.872 e. The van der Waals surface area contributed by atoms with E-state index in [1.165, 1.54) is 6.07 Å². The fraction of sp³-hybridized carbons (Fsp3) is 0.533. The molecule has 0 aliphatic carbocycles. The molecule has 0 bridgehead atoms. The van der Waals surface area contributed by atoms with E-state index in [9.17, 15) is 15.0 Å². The molecule has 0 amide bonds. The van der Waals surface area contributed by atoms with Crippen molar-refractivity contribution in [1.82, 2.24) is 0 Å². The zero-order chi connectivity index (χ0) is 14.3. The molecule has 1 aromatic carbocycles. The fourth-order valence-electron chi connectivity index (χ4n) is 1.77. The van der Waals surface area contributed by atoms with Crippen molar-refractivity contribution in [3.8, 4) is 5.75 Å². The summed E-state index contributed by atoms with van der Waals surface area (Å²) < 4.78 is 0. The van der Waals surface area contributed by atoms with Crippen molar-refractivity contribution >= 4 is 5.97 Å². The summed E-state index contributed by atoms with van der Waals surface area (Å²) in [6, 6.07) is 3.25. The van der Waals surface area contributed by atoms with Crippen LogP contribution in [0.15, 0.2) is 12.1 Å². The first-order chi connectivity index (χ1) is 7.94. The van der Waals surface area contributed by atoms with Crippen LogP contribution in [0.25, 0.3) is 0 Å². The Hall–Kier alpha value is -0.315. The van der Waals surface area contributed by atoms with Crippen LogP contribution >= 0.6 is 0 Å². The van der Waals surface area contributed by atoms with Gasteiger partial charge in [0, 0.05) is 0 Å². The Kier molecular flexibility index (Phi) is 7.80. The molecule has 3 nitrogen and oxygen atoms in total. The summed E-state index contributed by atoms with van der Waals surface area (Å²) in [5.41, 5.74) is 0.521. The zero-order valence-electron chi connectivity index (χ0n) is 13.9. The molecular formula is C15H20Li2O3. The predicted octanol–water partition coefficient (Wildman–Crippen LogP) is -4.27. The number of benzene rings is 1. The summed E-state index contributed by atoms with van der Waals surface area (Å²) >= 11 is 0. The third-order valence-electron chi connectivity index (χ3n) is 2.98. The Morgan fingerprint density at radius 1 is 0.950 bits per heavy atom. The van der Waals surface area contributed by atoms with E-state index in [2.05, 4.69) is 0 Å². The van der Waals surface area contributed by atoms with Gasteiger partial charge in [-0.1, -0.05) is 59.4 Å². The van der Waals surface area contributed by atoms with Crippen LogP contribution in [0.1, 0.15) is 63.0 Å². The monoisotopic (exact) mass is 262 g/mol. The number of carboxylic acids is 1. The molecule has 0 saturated heterocycles. The SMILES string of the molecule is CC(C)(C)c1cc(C(=O)[O-])c([O-])c(C(C)(C)C)c1.[Li+].[Li+]. The third-order valence-corrected chi connectivity index (χ3v) is 2.98. The van der Waals surface area contributed by atoms with Crippen molar-refractivity contribution in [2.24, 2.45) is 0 Å². The van der Waals surface area contributed by atoms with Gasteiger partial charge in [0.15, 0.2) is 0 Å². The average Bonchev–Trinajstić information content (AvgIpc) is 2.13. The van der Waals surface area contributed by atoms with E-state index in [1.54, 1.807) is 0 Å². The number of hydrogen-bond acceptors (Lipinski definition) is 3. The van der Waals surface area contributed by atoms with Gasteiger partial charge in [0.1, 0.15) is 0 Å². The summed E-state index contributed by atoms with van der Waals surface area (Å²) in [4.78, 5) is 11.1. The van der Waals surface area contributed by atoms with Gasteiger partial charge in [0.25, 0.3) is 0 Å². The number of hydrogen-bond donors (Lipinski definition) is 0. The van der Waals surface area contributed by atoms with E-state index < -0.39 is 11.7 Å². The molecule has 0 N–H and O–H groups in total. The maximum absolute atomic E-state index is 12.1. The molecule has 0 aliphatic heterocycles. The van der Waals surface area contributed by atoms with Gasteiger partial charge in [-0.3, -0.25) is 0 Å².